The number of rotatable bonds is 6. The Kier molecular flexibility index (Phi) is 7.32. The Hall–Kier alpha value is -0.520. The third-order valence-electron chi connectivity index (χ3n) is 3.97. The van der Waals surface area contributed by atoms with Crippen molar-refractivity contribution in [1.29, 1.82) is 0 Å². The molecule has 0 amide bonds. The molecule has 0 spiro atoms. The second kappa shape index (κ2) is 8.55. The number of hydrogen-bond donors (Lipinski definition) is 0. The summed E-state index contributed by atoms with van der Waals surface area (Å²) in [5.74, 6) is 2.07. The van der Waals surface area contributed by atoms with Crippen LogP contribution in [0.1, 0.15) is 72.1 Å². The van der Waals surface area contributed by atoms with Gasteiger partial charge in [-0.15, -0.1) is 0 Å². The Morgan fingerprint density at radius 1 is 1.00 bits per heavy atom. The van der Waals surface area contributed by atoms with Crippen molar-refractivity contribution in [1.82, 2.24) is 0 Å². The topological polar surface area (TPSA) is 0 Å². The van der Waals surface area contributed by atoms with Crippen molar-refractivity contribution >= 4 is 0 Å². The summed E-state index contributed by atoms with van der Waals surface area (Å²) in [6.07, 6.45) is 18.3. The summed E-state index contributed by atoms with van der Waals surface area (Å²) in [4.78, 5) is 0. The Labute approximate surface area is 108 Å². The third-order valence-corrected chi connectivity index (χ3v) is 3.97. The summed E-state index contributed by atoms with van der Waals surface area (Å²) in [5.41, 5.74) is 1.39. The van der Waals surface area contributed by atoms with E-state index in [9.17, 15) is 0 Å². The smallest absolute Gasteiger partial charge is 0.0345 e. The number of allylic oxidation sites excluding steroid dienone is 4. The fraction of sp³-hybridized carbons (Fsp3) is 0.765. The van der Waals surface area contributed by atoms with Gasteiger partial charge in [-0.05, 0) is 38.5 Å². The van der Waals surface area contributed by atoms with Crippen molar-refractivity contribution in [3.05, 3.63) is 23.8 Å². The van der Waals surface area contributed by atoms with E-state index in [1.165, 1.54) is 56.9 Å². The molecule has 1 rings (SSSR count). The predicted octanol–water partition coefficient (Wildman–Crippen LogP) is 5.90. The molecule has 0 N–H and O–H groups in total. The summed E-state index contributed by atoms with van der Waals surface area (Å²) in [6, 6.07) is 0. The lowest BCUT2D eigenvalue weighted by molar-refractivity contribution is 0.253. The summed E-state index contributed by atoms with van der Waals surface area (Å²) >= 11 is 0. The maximum atomic E-state index is 2.34. The van der Waals surface area contributed by atoms with E-state index in [0.717, 1.165) is 11.8 Å². The van der Waals surface area contributed by atoms with Crippen LogP contribution in [0.4, 0.5) is 0 Å². The first-order valence-corrected chi connectivity index (χ1v) is 7.52. The minimum atomic E-state index is 1.01. The molecule has 98 valence electrons. The van der Waals surface area contributed by atoms with Gasteiger partial charge in [-0.25, -0.2) is 0 Å². The molecule has 0 unspecified atom stereocenters. The first-order chi connectivity index (χ1) is 8.22. The molecule has 1 saturated carbocycles. The van der Waals surface area contributed by atoms with Crippen LogP contribution in [0.5, 0.6) is 0 Å². The maximum absolute atomic E-state index is 2.34. The van der Waals surface area contributed by atoms with Gasteiger partial charge in [0.1, 0.15) is 0 Å². The quantitative estimate of drug-likeness (QED) is 0.502. The van der Waals surface area contributed by atoms with Gasteiger partial charge in [0.05, 0.1) is 0 Å². The molecule has 0 aliphatic heterocycles. The van der Waals surface area contributed by atoms with Gasteiger partial charge >= 0.3 is 0 Å². The van der Waals surface area contributed by atoms with Gasteiger partial charge in [0.25, 0.3) is 0 Å². The zero-order valence-electron chi connectivity index (χ0n) is 12.0. The Morgan fingerprint density at radius 3 is 2.12 bits per heavy atom. The Balaban J connectivity index is 2.10. The van der Waals surface area contributed by atoms with Crippen molar-refractivity contribution < 1.29 is 0 Å². The van der Waals surface area contributed by atoms with Crippen LogP contribution >= 0.6 is 0 Å². The zero-order valence-corrected chi connectivity index (χ0v) is 12.0. The summed E-state index contributed by atoms with van der Waals surface area (Å²) in [7, 11) is 0. The normalized spacial score (nSPS) is 25.1. The maximum Gasteiger partial charge on any atom is -0.0345 e. The lowest BCUT2D eigenvalue weighted by Gasteiger charge is -2.28. The van der Waals surface area contributed by atoms with Crippen LogP contribution < -0.4 is 0 Å². The van der Waals surface area contributed by atoms with Crippen LogP contribution in [-0.4, -0.2) is 0 Å². The van der Waals surface area contributed by atoms with E-state index in [4.69, 9.17) is 0 Å². The van der Waals surface area contributed by atoms with Crippen LogP contribution in [0.15, 0.2) is 23.8 Å². The highest BCUT2D eigenvalue weighted by Crippen LogP contribution is 2.33. The van der Waals surface area contributed by atoms with E-state index in [-0.39, 0.29) is 0 Å². The highest BCUT2D eigenvalue weighted by atomic mass is 14.2. The van der Waals surface area contributed by atoms with Gasteiger partial charge in [-0.2, -0.15) is 0 Å². The SMILES string of the molecule is CCCC1CCC(CC/C=C\C=C(C)C)CC1. The molecular formula is C17H30. The zero-order chi connectivity index (χ0) is 12.5. The minimum absolute atomic E-state index is 1.01. The van der Waals surface area contributed by atoms with E-state index >= 15 is 0 Å². The highest BCUT2D eigenvalue weighted by Gasteiger charge is 2.19. The monoisotopic (exact) mass is 234 g/mol. The number of hydrogen-bond acceptors (Lipinski definition) is 0. The molecule has 17 heavy (non-hydrogen) atoms. The molecule has 0 heterocycles. The van der Waals surface area contributed by atoms with Crippen molar-refractivity contribution in [3.63, 3.8) is 0 Å². The van der Waals surface area contributed by atoms with Crippen molar-refractivity contribution in [2.24, 2.45) is 11.8 Å². The first-order valence-electron chi connectivity index (χ1n) is 7.52. The molecule has 1 aliphatic carbocycles. The molecule has 1 fully saturated rings. The van der Waals surface area contributed by atoms with Crippen LogP contribution in [0.2, 0.25) is 0 Å². The van der Waals surface area contributed by atoms with Crippen LogP contribution in [0, 0.1) is 11.8 Å². The van der Waals surface area contributed by atoms with Crippen LogP contribution in [0.3, 0.4) is 0 Å². The Morgan fingerprint density at radius 2 is 1.59 bits per heavy atom. The summed E-state index contributed by atoms with van der Waals surface area (Å²) < 4.78 is 0. The van der Waals surface area contributed by atoms with Crippen molar-refractivity contribution in [3.8, 4) is 0 Å². The molecule has 0 heteroatoms. The largest absolute Gasteiger partial charge is 0.0845 e. The third kappa shape index (κ3) is 6.71. The fourth-order valence-electron chi connectivity index (χ4n) is 2.91. The molecule has 0 nitrogen and oxygen atoms in total. The molecule has 0 aromatic heterocycles. The molecule has 1 aliphatic rings. The van der Waals surface area contributed by atoms with E-state index in [1.54, 1.807) is 0 Å². The molecule has 0 bridgehead atoms. The summed E-state index contributed by atoms with van der Waals surface area (Å²) in [6.45, 7) is 6.62. The second-order valence-corrected chi connectivity index (χ2v) is 5.92. The fourth-order valence-corrected chi connectivity index (χ4v) is 2.91. The average Bonchev–Trinajstić information content (AvgIpc) is 2.31. The molecule has 0 aromatic rings. The highest BCUT2D eigenvalue weighted by molar-refractivity contribution is 5.08. The summed E-state index contributed by atoms with van der Waals surface area (Å²) in [5, 5.41) is 0. The van der Waals surface area contributed by atoms with Gasteiger partial charge < -0.3 is 0 Å². The molecule has 0 radical (unpaired) electrons. The van der Waals surface area contributed by atoms with Gasteiger partial charge in [0.2, 0.25) is 0 Å². The van der Waals surface area contributed by atoms with Crippen LogP contribution in [0.25, 0.3) is 0 Å². The standard InChI is InChI=1S/C17H30/c1-4-8-16-11-13-17(14-12-16)10-7-5-6-9-15(2)3/h5-6,9,16-17H,4,7-8,10-14H2,1-3H3/b6-5-. The van der Waals surface area contributed by atoms with Gasteiger partial charge in [-0.1, -0.05) is 69.2 Å². The van der Waals surface area contributed by atoms with Gasteiger partial charge in [0.15, 0.2) is 0 Å². The molecule has 0 atom stereocenters. The van der Waals surface area contributed by atoms with Crippen molar-refractivity contribution in [2.75, 3.05) is 0 Å². The van der Waals surface area contributed by atoms with E-state index < -0.39 is 0 Å². The Bertz CT molecular complexity index is 235. The average molecular weight is 234 g/mol. The molecule has 0 aromatic carbocycles. The lowest BCUT2D eigenvalue weighted by Crippen LogP contribution is -2.14. The first kappa shape index (κ1) is 14.5. The second-order valence-electron chi connectivity index (χ2n) is 5.92. The van der Waals surface area contributed by atoms with Crippen molar-refractivity contribution in [2.45, 2.75) is 72.1 Å². The predicted molar refractivity (Wildman–Crippen MR) is 78.2 cm³/mol. The minimum Gasteiger partial charge on any atom is -0.0845 e. The van der Waals surface area contributed by atoms with Crippen LogP contribution in [-0.2, 0) is 0 Å². The molecular weight excluding hydrogens is 204 g/mol. The van der Waals surface area contributed by atoms with Gasteiger partial charge in [0, 0.05) is 0 Å². The van der Waals surface area contributed by atoms with Gasteiger partial charge in [-0.3, -0.25) is 0 Å². The lowest BCUT2D eigenvalue weighted by atomic mass is 9.78. The van der Waals surface area contributed by atoms with E-state index in [2.05, 4.69) is 39.0 Å². The molecule has 0 saturated heterocycles. The van der Waals surface area contributed by atoms with E-state index in [1.807, 2.05) is 0 Å². The van der Waals surface area contributed by atoms with E-state index in [0.29, 0.717) is 0 Å².